The van der Waals surface area contributed by atoms with Gasteiger partial charge in [0, 0.05) is 18.5 Å². The zero-order valence-corrected chi connectivity index (χ0v) is 9.73. The number of hydrogen-bond donors (Lipinski definition) is 0. The summed E-state index contributed by atoms with van der Waals surface area (Å²) in [5.74, 6) is 2.11. The highest BCUT2D eigenvalue weighted by Crippen LogP contribution is 2.30. The van der Waals surface area contributed by atoms with Crippen molar-refractivity contribution in [3.63, 3.8) is 0 Å². The van der Waals surface area contributed by atoms with E-state index < -0.39 is 0 Å². The Balaban J connectivity index is 2.24. The van der Waals surface area contributed by atoms with E-state index in [0.29, 0.717) is 6.04 Å². The molecule has 0 aliphatic carbocycles. The number of aryl methyl sites for hydroxylation is 1. The SMILES string of the molecule is COc1ccc2c(c1)nc1n2[C@@H](C)CCC1. The molecule has 1 aromatic heterocycles. The van der Waals surface area contributed by atoms with E-state index >= 15 is 0 Å². The Kier molecular flexibility index (Phi) is 2.13. The predicted molar refractivity (Wildman–Crippen MR) is 63.9 cm³/mol. The van der Waals surface area contributed by atoms with Gasteiger partial charge in [-0.1, -0.05) is 0 Å². The van der Waals surface area contributed by atoms with Gasteiger partial charge in [-0.2, -0.15) is 0 Å². The van der Waals surface area contributed by atoms with Crippen molar-refractivity contribution in [1.82, 2.24) is 9.55 Å². The Morgan fingerprint density at radius 2 is 2.31 bits per heavy atom. The van der Waals surface area contributed by atoms with Gasteiger partial charge in [0.25, 0.3) is 0 Å². The maximum Gasteiger partial charge on any atom is 0.121 e. The second-order valence-electron chi connectivity index (χ2n) is 4.49. The molecule has 1 atom stereocenters. The van der Waals surface area contributed by atoms with Gasteiger partial charge >= 0.3 is 0 Å². The van der Waals surface area contributed by atoms with Crippen LogP contribution in [0.4, 0.5) is 0 Å². The number of nitrogens with zero attached hydrogens (tertiary/aromatic N) is 2. The summed E-state index contributed by atoms with van der Waals surface area (Å²) in [6.45, 7) is 2.27. The molecule has 0 saturated carbocycles. The first kappa shape index (κ1) is 9.70. The van der Waals surface area contributed by atoms with Crippen molar-refractivity contribution in [2.75, 3.05) is 7.11 Å². The number of methoxy groups -OCH3 is 1. The van der Waals surface area contributed by atoms with E-state index in [1.807, 2.05) is 12.1 Å². The average Bonchev–Trinajstić information content (AvgIpc) is 2.67. The van der Waals surface area contributed by atoms with E-state index in [1.165, 1.54) is 24.2 Å². The lowest BCUT2D eigenvalue weighted by atomic mass is 10.1. The van der Waals surface area contributed by atoms with E-state index in [1.54, 1.807) is 7.11 Å². The first-order valence-electron chi connectivity index (χ1n) is 5.84. The Bertz CT molecular complexity index is 530. The number of aromatic nitrogens is 2. The van der Waals surface area contributed by atoms with Crippen molar-refractivity contribution in [3.8, 4) is 5.75 Å². The molecule has 0 bridgehead atoms. The van der Waals surface area contributed by atoms with Gasteiger partial charge in [-0.25, -0.2) is 4.98 Å². The van der Waals surface area contributed by atoms with Crippen LogP contribution < -0.4 is 4.74 Å². The Morgan fingerprint density at radius 3 is 3.12 bits per heavy atom. The van der Waals surface area contributed by atoms with Crippen LogP contribution in [0.2, 0.25) is 0 Å². The summed E-state index contributed by atoms with van der Waals surface area (Å²) < 4.78 is 7.61. The van der Waals surface area contributed by atoms with Crippen molar-refractivity contribution >= 4 is 11.0 Å². The first-order valence-corrected chi connectivity index (χ1v) is 5.84. The normalized spacial score (nSPS) is 19.8. The fourth-order valence-corrected chi connectivity index (χ4v) is 2.61. The Labute approximate surface area is 95.0 Å². The van der Waals surface area contributed by atoms with Crippen LogP contribution in [0.3, 0.4) is 0 Å². The van der Waals surface area contributed by atoms with Crippen molar-refractivity contribution < 1.29 is 4.74 Å². The second kappa shape index (κ2) is 3.51. The zero-order valence-electron chi connectivity index (χ0n) is 9.73. The van der Waals surface area contributed by atoms with Crippen molar-refractivity contribution in [2.45, 2.75) is 32.2 Å². The minimum absolute atomic E-state index is 0.571. The van der Waals surface area contributed by atoms with E-state index in [2.05, 4.69) is 17.6 Å². The van der Waals surface area contributed by atoms with Crippen LogP contribution in [0.25, 0.3) is 11.0 Å². The molecule has 0 fully saturated rings. The summed E-state index contributed by atoms with van der Waals surface area (Å²) >= 11 is 0. The highest BCUT2D eigenvalue weighted by atomic mass is 16.5. The molecule has 16 heavy (non-hydrogen) atoms. The molecular formula is C13H16N2O. The molecule has 2 heterocycles. The first-order chi connectivity index (χ1) is 7.79. The van der Waals surface area contributed by atoms with Gasteiger partial charge in [-0.3, -0.25) is 0 Å². The standard InChI is InChI=1S/C13H16N2O/c1-9-4-3-5-13-14-11-8-10(16-2)6-7-12(11)15(9)13/h6-9H,3-5H2,1-2H3/t9-/m0/s1. The molecule has 1 aliphatic heterocycles. The lowest BCUT2D eigenvalue weighted by Crippen LogP contribution is -2.14. The minimum atomic E-state index is 0.571. The number of benzene rings is 1. The minimum Gasteiger partial charge on any atom is -0.497 e. The molecule has 3 heteroatoms. The van der Waals surface area contributed by atoms with Crippen LogP contribution in [0.1, 0.15) is 31.6 Å². The lowest BCUT2D eigenvalue weighted by molar-refractivity contribution is 0.415. The molecule has 3 nitrogen and oxygen atoms in total. The summed E-state index contributed by atoms with van der Waals surface area (Å²) in [7, 11) is 1.69. The Morgan fingerprint density at radius 1 is 1.44 bits per heavy atom. The lowest BCUT2D eigenvalue weighted by Gasteiger charge is -2.22. The van der Waals surface area contributed by atoms with Crippen LogP contribution in [0, 0.1) is 0 Å². The van der Waals surface area contributed by atoms with Crippen LogP contribution in [0.5, 0.6) is 5.75 Å². The predicted octanol–water partition coefficient (Wildman–Crippen LogP) is 2.94. The Hall–Kier alpha value is -1.51. The highest BCUT2D eigenvalue weighted by molar-refractivity contribution is 5.78. The fourth-order valence-electron chi connectivity index (χ4n) is 2.61. The second-order valence-corrected chi connectivity index (χ2v) is 4.49. The molecule has 2 aromatic rings. The summed E-state index contributed by atoms with van der Waals surface area (Å²) in [6.07, 6.45) is 3.60. The number of imidazole rings is 1. The summed E-state index contributed by atoms with van der Waals surface area (Å²) in [5, 5.41) is 0. The fraction of sp³-hybridized carbons (Fsp3) is 0.462. The van der Waals surface area contributed by atoms with Gasteiger partial charge in [0.2, 0.25) is 0 Å². The largest absolute Gasteiger partial charge is 0.497 e. The third kappa shape index (κ3) is 1.31. The smallest absolute Gasteiger partial charge is 0.121 e. The van der Waals surface area contributed by atoms with Gasteiger partial charge in [0.1, 0.15) is 11.6 Å². The molecule has 0 spiro atoms. The van der Waals surface area contributed by atoms with Crippen molar-refractivity contribution in [3.05, 3.63) is 24.0 Å². The van der Waals surface area contributed by atoms with Crippen molar-refractivity contribution in [2.24, 2.45) is 0 Å². The highest BCUT2D eigenvalue weighted by Gasteiger charge is 2.19. The molecule has 1 aliphatic rings. The van der Waals surface area contributed by atoms with E-state index in [9.17, 15) is 0 Å². The topological polar surface area (TPSA) is 27.1 Å². The summed E-state index contributed by atoms with van der Waals surface area (Å²) in [4.78, 5) is 4.70. The monoisotopic (exact) mass is 216 g/mol. The molecule has 0 amide bonds. The molecule has 0 unspecified atom stereocenters. The van der Waals surface area contributed by atoms with Gasteiger partial charge in [0.15, 0.2) is 0 Å². The van der Waals surface area contributed by atoms with Gasteiger partial charge in [-0.05, 0) is 31.9 Å². The van der Waals surface area contributed by atoms with Crippen LogP contribution in [-0.4, -0.2) is 16.7 Å². The number of fused-ring (bicyclic) bond motifs is 3. The molecule has 0 saturated heterocycles. The van der Waals surface area contributed by atoms with Crippen molar-refractivity contribution in [1.29, 1.82) is 0 Å². The third-order valence-corrected chi connectivity index (χ3v) is 3.43. The molecule has 0 radical (unpaired) electrons. The molecule has 84 valence electrons. The van der Waals surface area contributed by atoms with Gasteiger partial charge in [-0.15, -0.1) is 0 Å². The van der Waals surface area contributed by atoms with Crippen LogP contribution in [-0.2, 0) is 6.42 Å². The number of ether oxygens (including phenoxy) is 1. The van der Waals surface area contributed by atoms with Gasteiger partial charge in [0.05, 0.1) is 18.1 Å². The number of rotatable bonds is 1. The van der Waals surface area contributed by atoms with Gasteiger partial charge < -0.3 is 9.30 Å². The summed E-state index contributed by atoms with van der Waals surface area (Å²) in [6, 6.07) is 6.72. The molecule has 3 rings (SSSR count). The molecule has 0 N–H and O–H groups in total. The number of hydrogen-bond acceptors (Lipinski definition) is 2. The summed E-state index contributed by atoms with van der Waals surface area (Å²) in [5.41, 5.74) is 2.30. The third-order valence-electron chi connectivity index (χ3n) is 3.43. The zero-order chi connectivity index (χ0) is 11.1. The maximum atomic E-state index is 5.23. The maximum absolute atomic E-state index is 5.23. The average molecular weight is 216 g/mol. The van der Waals surface area contributed by atoms with Crippen LogP contribution >= 0.6 is 0 Å². The van der Waals surface area contributed by atoms with Crippen LogP contribution in [0.15, 0.2) is 18.2 Å². The quantitative estimate of drug-likeness (QED) is 0.732. The molecular weight excluding hydrogens is 200 g/mol. The molecule has 1 aromatic carbocycles. The van der Waals surface area contributed by atoms with E-state index in [-0.39, 0.29) is 0 Å². The van der Waals surface area contributed by atoms with E-state index in [0.717, 1.165) is 17.7 Å². The van der Waals surface area contributed by atoms with E-state index in [4.69, 9.17) is 9.72 Å².